The van der Waals surface area contributed by atoms with Gasteiger partial charge in [0, 0.05) is 18.0 Å². The van der Waals surface area contributed by atoms with Gasteiger partial charge in [-0.05, 0) is 141 Å². The fourth-order valence-corrected chi connectivity index (χ4v) is 13.3. The maximum atomic E-state index is 14.1. The molecular weight excluding hydrogens is 702 g/mol. The van der Waals surface area contributed by atoms with Crippen molar-refractivity contribution in [2.75, 3.05) is 0 Å². The number of carbonyl (C=O) groups is 4. The molecule has 6 aliphatic rings. The first-order valence-electron chi connectivity index (χ1n) is 20.4. The highest BCUT2D eigenvalue weighted by Crippen LogP contribution is 2.76. The molecule has 0 bridgehead atoms. The lowest BCUT2D eigenvalue weighted by Crippen LogP contribution is -2.67. The molecule has 9 nitrogen and oxygen atoms in total. The van der Waals surface area contributed by atoms with Crippen molar-refractivity contribution in [1.29, 1.82) is 0 Å². The molecule has 0 aliphatic heterocycles. The van der Waals surface area contributed by atoms with Crippen LogP contribution in [-0.2, 0) is 24.7 Å². The molecule has 0 saturated heterocycles. The first kappa shape index (κ1) is 40.7. The number of Topliss-reactive ketones (excluding diaryl/α,β-unsaturated/α-hetero) is 1. The smallest absolute Gasteiger partial charge is 0.316 e. The Balaban J connectivity index is 0.00000497. The number of pyridine rings is 1. The van der Waals surface area contributed by atoms with Gasteiger partial charge < -0.3 is 20.5 Å². The number of urea groups is 1. The molecule has 54 heavy (non-hydrogen) atoms. The minimum atomic E-state index is -1.17. The van der Waals surface area contributed by atoms with Crippen molar-refractivity contribution >= 4 is 36.2 Å². The van der Waals surface area contributed by atoms with E-state index in [2.05, 4.69) is 64.1 Å². The van der Waals surface area contributed by atoms with Crippen LogP contribution in [0.3, 0.4) is 0 Å². The number of hydrogen-bond donors (Lipinski definition) is 3. The lowest BCUT2D eigenvalue weighted by atomic mass is 9.33. The van der Waals surface area contributed by atoms with Crippen LogP contribution < -0.4 is 10.6 Å². The van der Waals surface area contributed by atoms with E-state index in [1.807, 2.05) is 18.2 Å². The monoisotopic (exact) mass is 765 g/mol. The Kier molecular flexibility index (Phi) is 10.1. The largest absolute Gasteiger partial charge is 0.481 e. The predicted molar refractivity (Wildman–Crippen MR) is 210 cm³/mol. The van der Waals surface area contributed by atoms with Crippen molar-refractivity contribution in [3.05, 3.63) is 41.2 Å². The van der Waals surface area contributed by atoms with Crippen LogP contribution >= 0.6 is 12.4 Å². The summed E-state index contributed by atoms with van der Waals surface area (Å²) in [5.41, 5.74) is 0.533. The number of halogens is 1. The third-order valence-electron chi connectivity index (χ3n) is 16.4. The number of hydrogen-bond acceptors (Lipinski definition) is 6. The van der Waals surface area contributed by atoms with Crippen LogP contribution in [0.15, 0.2) is 35.5 Å². The molecule has 1 aromatic rings. The van der Waals surface area contributed by atoms with Gasteiger partial charge >= 0.3 is 18.0 Å². The molecule has 10 heteroatoms. The van der Waals surface area contributed by atoms with E-state index < -0.39 is 28.4 Å². The SMILES string of the molecule is CC(C)C1=C2C3CCC4[C@@]5(C)CC[C@H](OC(=O)CC(C)(C)C(=O)O)C(C)(C)C5CC[C@@]4(C)[C@]3(C)CC[C@@]2(NC(=O)NC2(c3ccccn3)CC2)CC1=O.Cl. The summed E-state index contributed by atoms with van der Waals surface area (Å²) in [5.74, 6) is -0.129. The van der Waals surface area contributed by atoms with E-state index in [0.29, 0.717) is 18.3 Å². The van der Waals surface area contributed by atoms with Crippen LogP contribution in [0, 0.1) is 50.7 Å². The number of nitrogens with one attached hydrogen (secondary N) is 2. The number of amides is 2. The molecule has 5 fully saturated rings. The summed E-state index contributed by atoms with van der Waals surface area (Å²) in [6.07, 6.45) is 11.0. The van der Waals surface area contributed by atoms with Crippen LogP contribution in [-0.4, -0.2) is 45.5 Å². The molecule has 6 aliphatic carbocycles. The topological polar surface area (TPSA) is 135 Å². The molecular formula is C44H64ClN3O6. The summed E-state index contributed by atoms with van der Waals surface area (Å²) in [6.45, 7) is 19.5. The van der Waals surface area contributed by atoms with E-state index in [9.17, 15) is 24.3 Å². The standard InChI is InChI=1S/C44H63N3O6.ClH/c1-26(2)34-28(48)24-44(47-37(52)46-43(21-22-43)31-12-10-11-23-45-31)20-19-41(8)27(35(34)44)13-14-30-40(7)17-16-32(53-33(49)25-38(3,4)36(50)51)39(5,6)29(40)15-18-42(30,41)9;/h10-12,23,26-27,29-30,32H,13-22,24-25H2,1-9H3,(H,50,51)(H2,46,47,52);1H/t27?,29?,30?,32-,40-,41+,42+,44+;/m0./s1. The van der Waals surface area contributed by atoms with Crippen LogP contribution in [0.1, 0.15) is 145 Å². The second kappa shape index (κ2) is 13.3. The Hall–Kier alpha value is -2.94. The number of ether oxygens (including phenoxy) is 1. The number of carbonyl (C=O) groups excluding carboxylic acids is 3. The summed E-state index contributed by atoms with van der Waals surface area (Å²) >= 11 is 0. The molecule has 1 aromatic heterocycles. The van der Waals surface area contributed by atoms with Gasteiger partial charge in [0.2, 0.25) is 0 Å². The van der Waals surface area contributed by atoms with Crippen LogP contribution in [0.4, 0.5) is 4.79 Å². The molecule has 8 atom stereocenters. The van der Waals surface area contributed by atoms with Crippen molar-refractivity contribution in [3.8, 4) is 0 Å². The van der Waals surface area contributed by atoms with Crippen LogP contribution in [0.5, 0.6) is 0 Å². The fraction of sp³-hybridized carbons (Fsp3) is 0.750. The van der Waals surface area contributed by atoms with Gasteiger partial charge in [0.25, 0.3) is 0 Å². The first-order valence-corrected chi connectivity index (χ1v) is 20.4. The molecule has 0 aromatic carbocycles. The fourth-order valence-electron chi connectivity index (χ4n) is 13.3. The van der Waals surface area contributed by atoms with Gasteiger partial charge in [0.15, 0.2) is 5.78 Å². The van der Waals surface area contributed by atoms with Gasteiger partial charge in [-0.3, -0.25) is 19.4 Å². The molecule has 3 unspecified atom stereocenters. The lowest BCUT2D eigenvalue weighted by molar-refractivity contribution is -0.232. The zero-order valence-electron chi connectivity index (χ0n) is 34.0. The molecule has 0 radical (unpaired) electrons. The third-order valence-corrected chi connectivity index (χ3v) is 16.4. The Bertz CT molecular complexity index is 1740. The van der Waals surface area contributed by atoms with Crippen molar-refractivity contribution in [3.63, 3.8) is 0 Å². The quantitative estimate of drug-likeness (QED) is 0.225. The number of ketones is 1. The molecule has 7 rings (SSSR count). The summed E-state index contributed by atoms with van der Waals surface area (Å²) in [7, 11) is 0. The number of aliphatic carboxylic acids is 1. The normalized spacial score (nSPS) is 37.5. The predicted octanol–water partition coefficient (Wildman–Crippen LogP) is 8.94. The number of nitrogens with zero attached hydrogens (tertiary/aromatic N) is 1. The highest BCUT2D eigenvalue weighted by atomic mass is 35.5. The van der Waals surface area contributed by atoms with Gasteiger partial charge in [-0.15, -0.1) is 12.4 Å². The number of aromatic nitrogens is 1. The van der Waals surface area contributed by atoms with Gasteiger partial charge in [-0.2, -0.15) is 0 Å². The van der Waals surface area contributed by atoms with Gasteiger partial charge in [0.1, 0.15) is 6.10 Å². The Morgan fingerprint density at radius 2 is 1.56 bits per heavy atom. The average molecular weight is 766 g/mol. The molecule has 0 spiro atoms. The van der Waals surface area contributed by atoms with E-state index in [-0.39, 0.29) is 70.2 Å². The van der Waals surface area contributed by atoms with E-state index in [4.69, 9.17) is 4.74 Å². The van der Waals surface area contributed by atoms with E-state index in [1.54, 1.807) is 20.0 Å². The van der Waals surface area contributed by atoms with Crippen LogP contribution in [0.25, 0.3) is 0 Å². The summed E-state index contributed by atoms with van der Waals surface area (Å²) < 4.78 is 6.16. The van der Waals surface area contributed by atoms with Crippen molar-refractivity contribution in [2.24, 2.45) is 50.7 Å². The Labute approximate surface area is 328 Å². The van der Waals surface area contributed by atoms with Crippen LogP contribution in [0.2, 0.25) is 0 Å². The molecule has 5 saturated carbocycles. The number of fused-ring (bicyclic) bond motifs is 7. The number of carboxylic acid groups (broad SMARTS) is 1. The van der Waals surface area contributed by atoms with Crippen molar-refractivity contribution in [2.45, 2.75) is 157 Å². The highest BCUT2D eigenvalue weighted by Gasteiger charge is 2.70. The lowest BCUT2D eigenvalue weighted by Gasteiger charge is -2.72. The minimum absolute atomic E-state index is 0. The number of carboxylic acids is 1. The van der Waals surface area contributed by atoms with E-state index in [1.165, 1.54) is 5.57 Å². The molecule has 1 heterocycles. The van der Waals surface area contributed by atoms with Crippen molar-refractivity contribution < 1.29 is 29.0 Å². The van der Waals surface area contributed by atoms with Gasteiger partial charge in [-0.1, -0.05) is 54.5 Å². The van der Waals surface area contributed by atoms with Gasteiger partial charge in [-0.25, -0.2) is 4.79 Å². The summed E-state index contributed by atoms with van der Waals surface area (Å²) in [4.78, 5) is 57.5. The molecule has 298 valence electrons. The summed E-state index contributed by atoms with van der Waals surface area (Å²) in [6, 6.07) is 5.64. The van der Waals surface area contributed by atoms with E-state index in [0.717, 1.165) is 75.5 Å². The molecule has 2 amide bonds. The van der Waals surface area contributed by atoms with E-state index >= 15 is 0 Å². The zero-order chi connectivity index (χ0) is 38.6. The Morgan fingerprint density at radius 1 is 0.889 bits per heavy atom. The zero-order valence-corrected chi connectivity index (χ0v) is 34.8. The minimum Gasteiger partial charge on any atom is -0.481 e. The number of allylic oxidation sites excluding steroid dienone is 1. The number of rotatable bonds is 8. The maximum Gasteiger partial charge on any atom is 0.316 e. The molecule has 3 N–H and O–H groups in total. The average Bonchev–Trinajstić information content (AvgIpc) is 3.78. The third kappa shape index (κ3) is 6.03. The van der Waals surface area contributed by atoms with Gasteiger partial charge in [0.05, 0.1) is 28.6 Å². The second-order valence-corrected chi connectivity index (χ2v) is 20.4. The summed E-state index contributed by atoms with van der Waals surface area (Å²) in [5, 5.41) is 16.4. The number of esters is 1. The Morgan fingerprint density at radius 3 is 2.17 bits per heavy atom. The maximum absolute atomic E-state index is 14.1. The van der Waals surface area contributed by atoms with Crippen molar-refractivity contribution in [1.82, 2.24) is 15.6 Å². The first-order chi connectivity index (χ1) is 24.7. The second-order valence-electron chi connectivity index (χ2n) is 20.4. The highest BCUT2D eigenvalue weighted by molar-refractivity contribution is 6.02.